The molecule has 1 saturated carbocycles. The zero-order valence-corrected chi connectivity index (χ0v) is 12.8. The zero-order chi connectivity index (χ0) is 14.9. The molecule has 0 aromatic heterocycles. The maximum Gasteiger partial charge on any atom is 0.253 e. The van der Waals surface area contributed by atoms with Crippen LogP contribution in [0, 0.1) is 5.92 Å². The van der Waals surface area contributed by atoms with Crippen LogP contribution >= 0.6 is 0 Å². The molecule has 0 aliphatic heterocycles. The first kappa shape index (κ1) is 15.0. The van der Waals surface area contributed by atoms with E-state index in [2.05, 4.69) is 4.72 Å². The molecule has 0 spiro atoms. The van der Waals surface area contributed by atoms with E-state index in [0.717, 1.165) is 12.8 Å². The minimum atomic E-state index is -3.52. The van der Waals surface area contributed by atoms with E-state index in [9.17, 15) is 13.2 Å². The van der Waals surface area contributed by atoms with Gasteiger partial charge in [0.1, 0.15) is 0 Å². The fourth-order valence-electron chi connectivity index (χ4n) is 2.20. The van der Waals surface area contributed by atoms with Crippen LogP contribution in [0.15, 0.2) is 29.2 Å². The van der Waals surface area contributed by atoms with Crippen molar-refractivity contribution in [2.24, 2.45) is 5.92 Å². The molecule has 20 heavy (non-hydrogen) atoms. The number of hydrogen-bond donors (Lipinski definition) is 1. The third-order valence-corrected chi connectivity index (χ3v) is 5.31. The third-order valence-electron chi connectivity index (χ3n) is 3.90. The van der Waals surface area contributed by atoms with Gasteiger partial charge in [-0.2, -0.15) is 0 Å². The Bertz CT molecular complexity index is 609. The van der Waals surface area contributed by atoms with Crippen molar-refractivity contribution in [3.05, 3.63) is 29.8 Å². The molecule has 1 aromatic carbocycles. The maximum atomic E-state index is 12.4. The van der Waals surface area contributed by atoms with Gasteiger partial charge in [-0.05, 0) is 50.9 Å². The second-order valence-electron chi connectivity index (χ2n) is 5.23. The maximum absolute atomic E-state index is 12.4. The van der Waals surface area contributed by atoms with Crippen molar-refractivity contribution in [3.8, 4) is 0 Å². The highest BCUT2D eigenvalue weighted by atomic mass is 32.2. The molecule has 2 rings (SSSR count). The van der Waals surface area contributed by atoms with E-state index >= 15 is 0 Å². The third kappa shape index (κ3) is 3.02. The summed E-state index contributed by atoms with van der Waals surface area (Å²) in [5, 5.41) is 0. The quantitative estimate of drug-likeness (QED) is 0.894. The van der Waals surface area contributed by atoms with Gasteiger partial charge >= 0.3 is 0 Å². The van der Waals surface area contributed by atoms with Crippen LogP contribution in [0.4, 0.5) is 0 Å². The molecule has 1 atom stereocenters. The molecule has 0 radical (unpaired) electrons. The van der Waals surface area contributed by atoms with Gasteiger partial charge in [0.25, 0.3) is 5.91 Å². The van der Waals surface area contributed by atoms with Crippen LogP contribution in [0.25, 0.3) is 0 Å². The van der Waals surface area contributed by atoms with Gasteiger partial charge in [0, 0.05) is 18.7 Å². The summed E-state index contributed by atoms with van der Waals surface area (Å²) in [4.78, 5) is 14.2. The van der Waals surface area contributed by atoms with Crippen LogP contribution in [0.2, 0.25) is 0 Å². The van der Waals surface area contributed by atoms with Gasteiger partial charge in [0.2, 0.25) is 10.0 Å². The second-order valence-corrected chi connectivity index (χ2v) is 7.12. The van der Waals surface area contributed by atoms with Gasteiger partial charge in [-0.1, -0.05) is 6.07 Å². The Morgan fingerprint density at radius 3 is 2.60 bits per heavy atom. The monoisotopic (exact) mass is 296 g/mol. The summed E-state index contributed by atoms with van der Waals surface area (Å²) in [6.07, 6.45) is 2.32. The number of hydrogen-bond acceptors (Lipinski definition) is 3. The molecule has 0 heterocycles. The Hall–Kier alpha value is -1.40. The molecular formula is C14H20N2O3S. The van der Waals surface area contributed by atoms with Gasteiger partial charge < -0.3 is 4.90 Å². The Morgan fingerprint density at radius 2 is 2.05 bits per heavy atom. The van der Waals surface area contributed by atoms with Crippen LogP contribution in [-0.4, -0.2) is 39.4 Å². The van der Waals surface area contributed by atoms with E-state index in [4.69, 9.17) is 0 Å². The van der Waals surface area contributed by atoms with E-state index in [0.29, 0.717) is 11.5 Å². The summed E-state index contributed by atoms with van der Waals surface area (Å²) >= 11 is 0. The molecule has 0 saturated heterocycles. The lowest BCUT2D eigenvalue weighted by molar-refractivity contribution is 0.0727. The molecule has 1 fully saturated rings. The summed E-state index contributed by atoms with van der Waals surface area (Å²) < 4.78 is 25.8. The molecule has 1 aromatic rings. The lowest BCUT2D eigenvalue weighted by atomic mass is 10.1. The first-order chi connectivity index (χ1) is 9.36. The largest absolute Gasteiger partial charge is 0.339 e. The van der Waals surface area contributed by atoms with E-state index in [1.165, 1.54) is 19.2 Å². The number of nitrogens with zero attached hydrogens (tertiary/aromatic N) is 1. The summed E-state index contributed by atoms with van der Waals surface area (Å²) in [5.41, 5.74) is 0.399. The van der Waals surface area contributed by atoms with Crippen LogP contribution in [-0.2, 0) is 10.0 Å². The van der Waals surface area contributed by atoms with Gasteiger partial charge in [-0.15, -0.1) is 0 Å². The predicted molar refractivity (Wildman–Crippen MR) is 77.0 cm³/mol. The lowest BCUT2D eigenvalue weighted by Gasteiger charge is -2.25. The van der Waals surface area contributed by atoms with Crippen molar-refractivity contribution in [1.29, 1.82) is 0 Å². The normalized spacial score (nSPS) is 16.8. The van der Waals surface area contributed by atoms with Crippen LogP contribution in [0.5, 0.6) is 0 Å². The molecule has 0 unspecified atom stereocenters. The summed E-state index contributed by atoms with van der Waals surface area (Å²) in [6.45, 7) is 2.03. The summed E-state index contributed by atoms with van der Waals surface area (Å²) in [6, 6.07) is 6.32. The Morgan fingerprint density at radius 1 is 1.40 bits per heavy atom. The second kappa shape index (κ2) is 5.54. The van der Waals surface area contributed by atoms with Crippen molar-refractivity contribution in [2.75, 3.05) is 14.1 Å². The molecule has 6 heteroatoms. The number of sulfonamides is 1. The van der Waals surface area contributed by atoms with Crippen LogP contribution < -0.4 is 4.72 Å². The molecule has 5 nitrogen and oxygen atoms in total. The van der Waals surface area contributed by atoms with Gasteiger partial charge in [0.05, 0.1) is 4.90 Å². The van der Waals surface area contributed by atoms with Crippen molar-refractivity contribution < 1.29 is 13.2 Å². The summed E-state index contributed by atoms with van der Waals surface area (Å²) in [5.74, 6) is 0.436. The lowest BCUT2D eigenvalue weighted by Crippen LogP contribution is -2.36. The number of amides is 1. The molecule has 110 valence electrons. The average Bonchev–Trinajstić information content (AvgIpc) is 3.29. The molecule has 1 amide bonds. The highest BCUT2D eigenvalue weighted by Crippen LogP contribution is 2.35. The van der Waals surface area contributed by atoms with E-state index in [1.807, 2.05) is 6.92 Å². The topological polar surface area (TPSA) is 66.5 Å². The number of benzene rings is 1. The van der Waals surface area contributed by atoms with E-state index < -0.39 is 10.0 Å². The van der Waals surface area contributed by atoms with Gasteiger partial charge in [0.15, 0.2) is 0 Å². The standard InChI is InChI=1S/C14H20N2O3S/c1-10(11-7-8-11)16(3)14(17)12-5-4-6-13(9-12)20(18,19)15-2/h4-6,9-11,15H,7-8H2,1-3H3/t10-/m0/s1. The number of carbonyl (C=O) groups excluding carboxylic acids is 1. The first-order valence-corrected chi connectivity index (χ1v) is 8.16. The van der Waals surface area contributed by atoms with Crippen molar-refractivity contribution in [2.45, 2.75) is 30.7 Å². The Labute approximate surface area is 120 Å². The highest BCUT2D eigenvalue weighted by Gasteiger charge is 2.32. The molecule has 1 aliphatic carbocycles. The van der Waals surface area contributed by atoms with Crippen molar-refractivity contribution in [3.63, 3.8) is 0 Å². The molecule has 1 N–H and O–H groups in total. The minimum Gasteiger partial charge on any atom is -0.339 e. The van der Waals surface area contributed by atoms with Gasteiger partial charge in [-0.25, -0.2) is 13.1 Å². The fraction of sp³-hybridized carbons (Fsp3) is 0.500. The van der Waals surface area contributed by atoms with Crippen LogP contribution in [0.3, 0.4) is 0 Å². The molecule has 0 bridgehead atoms. The Kier molecular flexibility index (Phi) is 4.15. The molecule has 1 aliphatic rings. The van der Waals surface area contributed by atoms with Crippen molar-refractivity contribution >= 4 is 15.9 Å². The van der Waals surface area contributed by atoms with Crippen molar-refractivity contribution in [1.82, 2.24) is 9.62 Å². The zero-order valence-electron chi connectivity index (χ0n) is 12.0. The fourth-order valence-corrected chi connectivity index (χ4v) is 2.97. The minimum absolute atomic E-state index is 0.110. The summed E-state index contributed by atoms with van der Waals surface area (Å²) in [7, 11) is -0.404. The Balaban J connectivity index is 2.24. The number of nitrogens with one attached hydrogen (secondary N) is 1. The smallest absolute Gasteiger partial charge is 0.253 e. The van der Waals surface area contributed by atoms with Crippen LogP contribution in [0.1, 0.15) is 30.1 Å². The van der Waals surface area contributed by atoms with Gasteiger partial charge in [-0.3, -0.25) is 4.79 Å². The first-order valence-electron chi connectivity index (χ1n) is 6.67. The highest BCUT2D eigenvalue weighted by molar-refractivity contribution is 7.89. The number of carbonyl (C=O) groups is 1. The van der Waals surface area contributed by atoms with E-state index in [1.54, 1.807) is 24.1 Å². The molecular weight excluding hydrogens is 276 g/mol. The predicted octanol–water partition coefficient (Wildman–Crippen LogP) is 1.47. The van der Waals surface area contributed by atoms with E-state index in [-0.39, 0.29) is 16.8 Å². The SMILES string of the molecule is CNS(=O)(=O)c1cccc(C(=O)N(C)[C@@H](C)C2CC2)c1. The number of rotatable bonds is 5. The average molecular weight is 296 g/mol.